The second kappa shape index (κ2) is 14.6. The number of nitrogens with zero attached hydrogens (tertiary/aromatic N) is 3. The minimum atomic E-state index is -1.54. The maximum atomic E-state index is 13.9. The lowest BCUT2D eigenvalue weighted by atomic mass is 10.1. The van der Waals surface area contributed by atoms with Gasteiger partial charge in [-0.15, -0.1) is 11.6 Å². The summed E-state index contributed by atoms with van der Waals surface area (Å²) < 4.78 is 21.5. The van der Waals surface area contributed by atoms with Gasteiger partial charge in [-0.25, -0.2) is 24.1 Å². The maximum absolute atomic E-state index is 13.9. The number of alkyl halides is 1. The van der Waals surface area contributed by atoms with Crippen molar-refractivity contribution in [2.45, 2.75) is 106 Å². The molecule has 5 amide bonds. The molecule has 0 aliphatic carbocycles. The topological polar surface area (TPSA) is 132 Å². The van der Waals surface area contributed by atoms with E-state index in [2.05, 4.69) is 0 Å². The molecule has 0 radical (unpaired) electrons. The molecule has 1 aromatic rings. The maximum Gasteiger partial charge on any atom is 0.421 e. The van der Waals surface area contributed by atoms with Gasteiger partial charge in [0.25, 0.3) is 5.91 Å². The second-order valence-electron chi connectivity index (χ2n) is 12.4. The zero-order valence-corrected chi connectivity index (χ0v) is 27.2. The molecule has 0 fully saturated rings. The van der Waals surface area contributed by atoms with Crippen molar-refractivity contribution in [2.75, 3.05) is 17.4 Å². The standard InChI is InChI=1S/C29H44ClN3O9/c1-12-31(18-30)23(35)39-17-20-13-15-21(16-14-20)33(26(38)42-29(9,10)11)22(34)19(2)32(24(36)40-27(3,4)5)25(37)41-28(6,7)8/h13-16,19H,12,17-18H2,1-11H3/t19-/m0/s1. The summed E-state index contributed by atoms with van der Waals surface area (Å²) in [5.41, 5.74) is -2.33. The number of anilines is 1. The van der Waals surface area contributed by atoms with Gasteiger partial charge in [0.05, 0.1) is 11.7 Å². The van der Waals surface area contributed by atoms with Crippen molar-refractivity contribution in [2.24, 2.45) is 0 Å². The Morgan fingerprint density at radius 1 is 0.738 bits per heavy atom. The molecule has 1 atom stereocenters. The van der Waals surface area contributed by atoms with Crippen LogP contribution in [0.15, 0.2) is 24.3 Å². The van der Waals surface area contributed by atoms with E-state index < -0.39 is 53.1 Å². The highest BCUT2D eigenvalue weighted by atomic mass is 35.5. The van der Waals surface area contributed by atoms with Crippen molar-refractivity contribution in [1.29, 1.82) is 0 Å². The van der Waals surface area contributed by atoms with E-state index in [9.17, 15) is 24.0 Å². The van der Waals surface area contributed by atoms with Crippen LogP contribution in [0.4, 0.5) is 24.9 Å². The van der Waals surface area contributed by atoms with Crippen LogP contribution in [-0.2, 0) is 30.3 Å². The number of imide groups is 2. The number of carbonyl (C=O) groups is 5. The first-order valence-electron chi connectivity index (χ1n) is 13.5. The Hall–Kier alpha value is -3.54. The highest BCUT2D eigenvalue weighted by molar-refractivity contribution is 6.18. The smallest absolute Gasteiger partial charge is 0.421 e. The van der Waals surface area contributed by atoms with Crippen LogP contribution in [0.5, 0.6) is 0 Å². The summed E-state index contributed by atoms with van der Waals surface area (Å²) in [7, 11) is 0. The third-order valence-corrected chi connectivity index (χ3v) is 5.35. The number of amides is 5. The van der Waals surface area contributed by atoms with Crippen molar-refractivity contribution in [3.8, 4) is 0 Å². The molecular formula is C29H44ClN3O9. The zero-order chi connectivity index (χ0) is 32.6. The molecule has 12 nitrogen and oxygen atoms in total. The van der Waals surface area contributed by atoms with Crippen molar-refractivity contribution < 1.29 is 42.9 Å². The number of halogens is 1. The van der Waals surface area contributed by atoms with Crippen LogP contribution >= 0.6 is 11.6 Å². The molecule has 0 aliphatic rings. The van der Waals surface area contributed by atoms with Gasteiger partial charge in [-0.2, -0.15) is 4.90 Å². The Morgan fingerprint density at radius 2 is 1.17 bits per heavy atom. The number of rotatable bonds is 7. The van der Waals surface area contributed by atoms with Crippen molar-refractivity contribution >= 4 is 47.6 Å². The third kappa shape index (κ3) is 11.8. The van der Waals surface area contributed by atoms with Gasteiger partial charge >= 0.3 is 24.4 Å². The molecule has 42 heavy (non-hydrogen) atoms. The SMILES string of the molecule is CCN(CCl)C(=O)OCc1ccc(N(C(=O)OC(C)(C)C)C(=O)[C@H](C)N(C(=O)OC(C)(C)C)C(=O)OC(C)(C)C)cc1. The number of benzene rings is 1. The average Bonchev–Trinajstić information content (AvgIpc) is 2.81. The summed E-state index contributed by atoms with van der Waals surface area (Å²) in [5.74, 6) is -0.958. The Balaban J connectivity index is 3.45. The zero-order valence-electron chi connectivity index (χ0n) is 26.4. The molecule has 13 heteroatoms. The molecule has 0 aromatic heterocycles. The van der Waals surface area contributed by atoms with Gasteiger partial charge in [-0.3, -0.25) is 9.69 Å². The molecule has 1 aromatic carbocycles. The van der Waals surface area contributed by atoms with E-state index in [4.69, 9.17) is 30.5 Å². The molecule has 0 saturated carbocycles. The Bertz CT molecular complexity index is 1090. The van der Waals surface area contributed by atoms with Crippen LogP contribution in [-0.4, -0.2) is 75.5 Å². The summed E-state index contributed by atoms with van der Waals surface area (Å²) in [6.45, 7) is 17.8. The Morgan fingerprint density at radius 3 is 1.55 bits per heavy atom. The van der Waals surface area contributed by atoms with Gasteiger partial charge in [-0.1, -0.05) is 12.1 Å². The molecule has 0 spiro atoms. The van der Waals surface area contributed by atoms with Gasteiger partial charge in [0.1, 0.15) is 29.5 Å². The fourth-order valence-corrected chi connectivity index (χ4v) is 3.45. The number of hydrogen-bond acceptors (Lipinski definition) is 9. The highest BCUT2D eigenvalue weighted by Crippen LogP contribution is 2.24. The summed E-state index contributed by atoms with van der Waals surface area (Å²) in [6.07, 6.45) is -3.89. The first-order chi connectivity index (χ1) is 19.1. The van der Waals surface area contributed by atoms with E-state index in [1.165, 1.54) is 24.0 Å². The van der Waals surface area contributed by atoms with Crippen LogP contribution in [0.3, 0.4) is 0 Å². The van der Waals surface area contributed by atoms with E-state index in [0.717, 1.165) is 4.90 Å². The second-order valence-corrected chi connectivity index (χ2v) is 12.6. The molecule has 1 rings (SSSR count). The first-order valence-corrected chi connectivity index (χ1v) is 14.0. The minimum Gasteiger partial charge on any atom is -0.445 e. The van der Waals surface area contributed by atoms with E-state index in [1.54, 1.807) is 81.4 Å². The lowest BCUT2D eigenvalue weighted by Crippen LogP contribution is -2.56. The van der Waals surface area contributed by atoms with Crippen molar-refractivity contribution in [3.05, 3.63) is 29.8 Å². The lowest BCUT2D eigenvalue weighted by Gasteiger charge is -2.33. The van der Waals surface area contributed by atoms with E-state index in [-0.39, 0.29) is 18.3 Å². The van der Waals surface area contributed by atoms with Gasteiger partial charge in [0.2, 0.25) is 0 Å². The molecule has 236 valence electrons. The fraction of sp³-hybridized carbons (Fsp3) is 0.621. The monoisotopic (exact) mass is 613 g/mol. The largest absolute Gasteiger partial charge is 0.445 e. The molecule has 0 saturated heterocycles. The summed E-state index contributed by atoms with van der Waals surface area (Å²) in [5, 5.41) is 0. The van der Waals surface area contributed by atoms with Gasteiger partial charge in [0.15, 0.2) is 0 Å². The van der Waals surface area contributed by atoms with Gasteiger partial charge in [-0.05, 0) is 93.9 Å². The van der Waals surface area contributed by atoms with Gasteiger partial charge < -0.3 is 18.9 Å². The molecule has 0 unspecified atom stereocenters. The third-order valence-electron chi connectivity index (χ3n) is 5.06. The Labute approximate surface area is 253 Å². The van der Waals surface area contributed by atoms with E-state index in [1.807, 2.05) is 0 Å². The van der Waals surface area contributed by atoms with E-state index >= 15 is 0 Å². The van der Waals surface area contributed by atoms with Crippen LogP contribution in [0.2, 0.25) is 0 Å². The van der Waals surface area contributed by atoms with Gasteiger partial charge in [0, 0.05) is 6.54 Å². The fourth-order valence-electron chi connectivity index (χ4n) is 3.18. The van der Waals surface area contributed by atoms with Crippen LogP contribution in [0.1, 0.15) is 81.7 Å². The highest BCUT2D eigenvalue weighted by Gasteiger charge is 2.42. The first kappa shape index (κ1) is 36.5. The summed E-state index contributed by atoms with van der Waals surface area (Å²) >= 11 is 5.74. The van der Waals surface area contributed by atoms with Crippen LogP contribution < -0.4 is 4.90 Å². The predicted octanol–water partition coefficient (Wildman–Crippen LogP) is 6.67. The number of hydrogen-bond donors (Lipinski definition) is 0. The molecule has 0 N–H and O–H groups in total. The molecule has 0 aliphatic heterocycles. The molecular weight excluding hydrogens is 570 g/mol. The van der Waals surface area contributed by atoms with Crippen LogP contribution in [0.25, 0.3) is 0 Å². The van der Waals surface area contributed by atoms with Crippen LogP contribution in [0, 0.1) is 0 Å². The average molecular weight is 614 g/mol. The Kier molecular flexibility index (Phi) is 12.7. The van der Waals surface area contributed by atoms with E-state index in [0.29, 0.717) is 17.0 Å². The number of ether oxygens (including phenoxy) is 4. The predicted molar refractivity (Wildman–Crippen MR) is 157 cm³/mol. The molecule has 0 bridgehead atoms. The van der Waals surface area contributed by atoms with Crippen molar-refractivity contribution in [3.63, 3.8) is 0 Å². The number of carbonyl (C=O) groups excluding carboxylic acids is 5. The normalized spacial score (nSPS) is 12.5. The summed E-state index contributed by atoms with van der Waals surface area (Å²) in [4.78, 5) is 68.1. The quantitative estimate of drug-likeness (QED) is 0.188. The summed E-state index contributed by atoms with van der Waals surface area (Å²) in [6, 6.07) is 4.43. The minimum absolute atomic E-state index is 0.0248. The van der Waals surface area contributed by atoms with Crippen molar-refractivity contribution in [1.82, 2.24) is 9.80 Å². The molecule has 0 heterocycles. The lowest BCUT2D eigenvalue weighted by molar-refractivity contribution is -0.123.